The Hall–Kier alpha value is -1.82. The van der Waals surface area contributed by atoms with E-state index < -0.39 is 5.97 Å². The van der Waals surface area contributed by atoms with E-state index in [1.54, 1.807) is 18.2 Å². The van der Waals surface area contributed by atoms with Gasteiger partial charge in [0.05, 0.1) is 6.20 Å². The number of carboxylic acid groups (broad SMARTS) is 1. The maximum Gasteiger partial charge on any atom is 0.339 e. The minimum atomic E-state index is -1.04. The normalized spacial score (nSPS) is 10.2. The summed E-state index contributed by atoms with van der Waals surface area (Å²) in [5.41, 5.74) is 0.0962. The summed E-state index contributed by atoms with van der Waals surface area (Å²) in [7, 11) is 0. The van der Waals surface area contributed by atoms with E-state index >= 15 is 0 Å². The Morgan fingerprint density at radius 2 is 2.29 bits per heavy atom. The number of aromatic nitrogens is 1. The molecule has 0 aliphatic carbocycles. The molecule has 0 atom stereocenters. The predicted octanol–water partition coefficient (Wildman–Crippen LogP) is 2.71. The molecular formula is C11H8BrNO4. The van der Waals surface area contributed by atoms with Crippen LogP contribution in [-0.4, -0.2) is 16.2 Å². The summed E-state index contributed by atoms with van der Waals surface area (Å²) in [6.07, 6.45) is 1.50. The third kappa shape index (κ3) is 2.85. The van der Waals surface area contributed by atoms with Crippen LogP contribution in [0.5, 0.6) is 5.75 Å². The van der Waals surface area contributed by atoms with Crippen molar-refractivity contribution in [1.29, 1.82) is 0 Å². The number of nitrogens with zero attached hydrogens (tertiary/aromatic N) is 1. The molecule has 17 heavy (non-hydrogen) atoms. The molecule has 1 aromatic heterocycles. The fourth-order valence-electron chi connectivity index (χ4n) is 1.26. The molecule has 1 aromatic carbocycles. The van der Waals surface area contributed by atoms with E-state index in [-0.39, 0.29) is 17.9 Å². The Labute approximate surface area is 105 Å². The van der Waals surface area contributed by atoms with Gasteiger partial charge < -0.3 is 14.4 Å². The summed E-state index contributed by atoms with van der Waals surface area (Å²) in [6, 6.07) is 6.43. The average molecular weight is 298 g/mol. The lowest BCUT2D eigenvalue weighted by Gasteiger charge is -2.07. The first-order valence-electron chi connectivity index (χ1n) is 4.72. The number of carboxylic acids is 1. The molecular weight excluding hydrogens is 290 g/mol. The molecule has 0 aliphatic heterocycles. The van der Waals surface area contributed by atoms with Crippen LogP contribution in [0.3, 0.4) is 0 Å². The molecule has 1 N–H and O–H groups in total. The average Bonchev–Trinajstić information content (AvgIpc) is 2.80. The molecule has 88 valence electrons. The van der Waals surface area contributed by atoms with Gasteiger partial charge in [-0.15, -0.1) is 0 Å². The fourth-order valence-corrected chi connectivity index (χ4v) is 1.62. The molecule has 0 fully saturated rings. The largest absolute Gasteiger partial charge is 0.485 e. The molecule has 0 radical (unpaired) electrons. The Kier molecular flexibility index (Phi) is 3.43. The first-order valence-corrected chi connectivity index (χ1v) is 5.51. The Morgan fingerprint density at radius 1 is 1.47 bits per heavy atom. The van der Waals surface area contributed by atoms with Crippen molar-refractivity contribution >= 4 is 21.9 Å². The van der Waals surface area contributed by atoms with Crippen LogP contribution in [0.25, 0.3) is 0 Å². The molecule has 0 saturated carbocycles. The third-order valence-corrected chi connectivity index (χ3v) is 2.53. The van der Waals surface area contributed by atoms with Crippen LogP contribution in [0.2, 0.25) is 0 Å². The molecule has 0 spiro atoms. The van der Waals surface area contributed by atoms with Gasteiger partial charge in [-0.2, -0.15) is 0 Å². The molecule has 5 nitrogen and oxygen atoms in total. The SMILES string of the molecule is O=C(O)c1cc(Br)ccc1OCc1ccno1. The summed E-state index contributed by atoms with van der Waals surface area (Å²) in [5.74, 6) is -0.222. The maximum atomic E-state index is 11.0. The Bertz CT molecular complexity index is 524. The highest BCUT2D eigenvalue weighted by Gasteiger charge is 2.12. The number of ether oxygens (including phenoxy) is 1. The van der Waals surface area contributed by atoms with E-state index in [4.69, 9.17) is 14.4 Å². The summed E-state index contributed by atoms with van der Waals surface area (Å²) >= 11 is 3.21. The van der Waals surface area contributed by atoms with Gasteiger partial charge in [0.15, 0.2) is 5.76 Å². The summed E-state index contributed by atoms with van der Waals surface area (Å²) in [5, 5.41) is 12.5. The molecule has 2 rings (SSSR count). The van der Waals surface area contributed by atoms with Crippen LogP contribution in [0.15, 0.2) is 39.5 Å². The van der Waals surface area contributed by atoms with Crippen molar-refractivity contribution in [3.8, 4) is 5.75 Å². The van der Waals surface area contributed by atoms with Gasteiger partial charge in [0, 0.05) is 10.5 Å². The van der Waals surface area contributed by atoms with E-state index in [0.29, 0.717) is 10.2 Å². The fraction of sp³-hybridized carbons (Fsp3) is 0.0909. The number of rotatable bonds is 4. The number of benzene rings is 1. The number of aromatic carboxylic acids is 1. The molecule has 0 bridgehead atoms. The van der Waals surface area contributed by atoms with E-state index in [1.807, 2.05) is 0 Å². The van der Waals surface area contributed by atoms with Crippen LogP contribution < -0.4 is 4.74 Å². The smallest absolute Gasteiger partial charge is 0.339 e. The van der Waals surface area contributed by atoms with Crippen LogP contribution in [0, 0.1) is 0 Å². The molecule has 2 aromatic rings. The van der Waals surface area contributed by atoms with Gasteiger partial charge in [-0.25, -0.2) is 4.79 Å². The van der Waals surface area contributed by atoms with Crippen LogP contribution in [0.1, 0.15) is 16.1 Å². The zero-order valence-electron chi connectivity index (χ0n) is 8.59. The maximum absolute atomic E-state index is 11.0. The standard InChI is InChI=1S/C11H8BrNO4/c12-7-1-2-10(9(5-7)11(14)15)16-6-8-3-4-13-17-8/h1-5H,6H2,(H,14,15). The highest BCUT2D eigenvalue weighted by Crippen LogP contribution is 2.24. The van der Waals surface area contributed by atoms with Crippen molar-refractivity contribution in [2.75, 3.05) is 0 Å². The van der Waals surface area contributed by atoms with Gasteiger partial charge in [0.1, 0.15) is 17.9 Å². The molecule has 0 unspecified atom stereocenters. The van der Waals surface area contributed by atoms with Crippen molar-refractivity contribution in [2.45, 2.75) is 6.61 Å². The summed E-state index contributed by atoms with van der Waals surface area (Å²) in [4.78, 5) is 11.0. The first kappa shape index (κ1) is 11.7. The third-order valence-electron chi connectivity index (χ3n) is 2.03. The number of halogens is 1. The molecule has 6 heteroatoms. The lowest BCUT2D eigenvalue weighted by molar-refractivity contribution is 0.0691. The molecule has 0 saturated heterocycles. The van der Waals surface area contributed by atoms with Gasteiger partial charge in [-0.1, -0.05) is 21.1 Å². The summed E-state index contributed by atoms with van der Waals surface area (Å²) in [6.45, 7) is 0.141. The minimum Gasteiger partial charge on any atom is -0.485 e. The lowest BCUT2D eigenvalue weighted by atomic mass is 10.2. The Balaban J connectivity index is 2.17. The van der Waals surface area contributed by atoms with Crippen LogP contribution in [0.4, 0.5) is 0 Å². The Morgan fingerprint density at radius 3 is 2.94 bits per heavy atom. The molecule has 0 amide bonds. The van der Waals surface area contributed by atoms with Crippen molar-refractivity contribution < 1.29 is 19.2 Å². The number of hydrogen-bond donors (Lipinski definition) is 1. The highest BCUT2D eigenvalue weighted by atomic mass is 79.9. The second-order valence-electron chi connectivity index (χ2n) is 3.21. The van der Waals surface area contributed by atoms with Crippen LogP contribution >= 0.6 is 15.9 Å². The van der Waals surface area contributed by atoms with Gasteiger partial charge in [-0.05, 0) is 18.2 Å². The van der Waals surface area contributed by atoms with E-state index in [0.717, 1.165) is 0 Å². The zero-order valence-corrected chi connectivity index (χ0v) is 10.2. The summed E-state index contributed by atoms with van der Waals surface area (Å²) < 4.78 is 10.9. The second-order valence-corrected chi connectivity index (χ2v) is 4.13. The monoisotopic (exact) mass is 297 g/mol. The van der Waals surface area contributed by atoms with E-state index in [2.05, 4.69) is 21.1 Å². The zero-order chi connectivity index (χ0) is 12.3. The van der Waals surface area contributed by atoms with E-state index in [1.165, 1.54) is 12.3 Å². The predicted molar refractivity (Wildman–Crippen MR) is 61.9 cm³/mol. The van der Waals surface area contributed by atoms with Gasteiger partial charge in [-0.3, -0.25) is 0 Å². The first-order chi connectivity index (χ1) is 8.16. The molecule has 1 heterocycles. The quantitative estimate of drug-likeness (QED) is 0.939. The van der Waals surface area contributed by atoms with Gasteiger partial charge in [0.25, 0.3) is 0 Å². The highest BCUT2D eigenvalue weighted by molar-refractivity contribution is 9.10. The van der Waals surface area contributed by atoms with E-state index in [9.17, 15) is 4.79 Å². The van der Waals surface area contributed by atoms with Crippen molar-refractivity contribution in [3.05, 3.63) is 46.3 Å². The number of carbonyl (C=O) groups is 1. The van der Waals surface area contributed by atoms with Crippen LogP contribution in [-0.2, 0) is 6.61 Å². The van der Waals surface area contributed by atoms with Crippen molar-refractivity contribution in [1.82, 2.24) is 5.16 Å². The number of hydrogen-bond acceptors (Lipinski definition) is 4. The van der Waals surface area contributed by atoms with Gasteiger partial charge >= 0.3 is 5.97 Å². The van der Waals surface area contributed by atoms with Gasteiger partial charge in [0.2, 0.25) is 0 Å². The topological polar surface area (TPSA) is 72.6 Å². The second kappa shape index (κ2) is 5.01. The molecule has 0 aliphatic rings. The van der Waals surface area contributed by atoms with Crippen molar-refractivity contribution in [3.63, 3.8) is 0 Å². The lowest BCUT2D eigenvalue weighted by Crippen LogP contribution is -2.03. The van der Waals surface area contributed by atoms with Crippen molar-refractivity contribution in [2.24, 2.45) is 0 Å². The minimum absolute atomic E-state index is 0.0962.